The lowest BCUT2D eigenvalue weighted by atomic mass is 9.97. The Bertz CT molecular complexity index is 1190. The molecule has 0 bridgehead atoms. The van der Waals surface area contributed by atoms with Gasteiger partial charge in [-0.25, -0.2) is 4.68 Å². The maximum absolute atomic E-state index is 13.9. The van der Waals surface area contributed by atoms with Crippen molar-refractivity contribution in [2.75, 3.05) is 17.7 Å². The quantitative estimate of drug-likeness (QED) is 0.560. The predicted molar refractivity (Wildman–Crippen MR) is 118 cm³/mol. The molecule has 1 aliphatic heterocycles. The average Bonchev–Trinajstić information content (AvgIpc) is 3.44. The summed E-state index contributed by atoms with van der Waals surface area (Å²) in [5.74, 6) is 0.236. The molecule has 3 aromatic rings. The molecule has 1 amide bonds. The highest BCUT2D eigenvalue weighted by molar-refractivity contribution is 6.03. The summed E-state index contributed by atoms with van der Waals surface area (Å²) in [6, 6.07) is 11.5. The lowest BCUT2D eigenvalue weighted by molar-refractivity contribution is -0.173. The number of alkyl halides is 3. The molecule has 2 aliphatic rings. The van der Waals surface area contributed by atoms with Crippen molar-refractivity contribution in [3.05, 3.63) is 70.9 Å². The predicted octanol–water partition coefficient (Wildman–Crippen LogP) is 5.29. The molecule has 0 unspecified atom stereocenters. The first-order chi connectivity index (χ1) is 15.8. The third kappa shape index (κ3) is 4.15. The Morgan fingerprint density at radius 2 is 1.88 bits per heavy atom. The molecule has 172 valence electrons. The molecule has 6 nitrogen and oxygen atoms in total. The highest BCUT2D eigenvalue weighted by atomic mass is 19.4. The number of hydrogen-bond acceptors (Lipinski definition) is 4. The summed E-state index contributed by atoms with van der Waals surface area (Å²) >= 11 is 0. The van der Waals surface area contributed by atoms with Gasteiger partial charge in [-0.1, -0.05) is 18.2 Å². The fourth-order valence-corrected chi connectivity index (χ4v) is 4.58. The van der Waals surface area contributed by atoms with Crippen LogP contribution < -0.4 is 15.4 Å². The van der Waals surface area contributed by atoms with E-state index in [0.29, 0.717) is 17.0 Å². The number of benzene rings is 2. The highest BCUT2D eigenvalue weighted by Crippen LogP contribution is 2.43. The normalized spacial score (nSPS) is 19.4. The molecule has 0 saturated heterocycles. The van der Waals surface area contributed by atoms with Crippen molar-refractivity contribution in [3.63, 3.8) is 0 Å². The van der Waals surface area contributed by atoms with E-state index >= 15 is 0 Å². The van der Waals surface area contributed by atoms with E-state index in [1.165, 1.54) is 24.3 Å². The number of hydrogen-bond donors (Lipinski definition) is 2. The molecule has 0 radical (unpaired) electrons. The van der Waals surface area contributed by atoms with Gasteiger partial charge in [0.25, 0.3) is 5.91 Å². The van der Waals surface area contributed by atoms with Gasteiger partial charge in [0, 0.05) is 18.2 Å². The zero-order chi connectivity index (χ0) is 23.2. The van der Waals surface area contributed by atoms with Crippen LogP contribution in [-0.4, -0.2) is 29.0 Å². The Kier molecular flexibility index (Phi) is 5.26. The standard InChI is InChI=1S/C24H23F3N4O2/c1-33-18-9-6-15(7-10-18)19-12-21(24(25,26)27)31-22(29-19)13-20(30-31)23(32)28-17-8-5-14-3-2-4-16(14)11-17/h5-11,13,19,21,29H,2-4,12H2,1H3,(H,28,32)/t19-,21-/m0/s1. The van der Waals surface area contributed by atoms with E-state index in [4.69, 9.17) is 4.74 Å². The molecule has 33 heavy (non-hydrogen) atoms. The number of amides is 1. The minimum absolute atomic E-state index is 0.0670. The van der Waals surface area contributed by atoms with Crippen LogP contribution in [0, 0.1) is 0 Å². The third-order valence-electron chi connectivity index (χ3n) is 6.30. The number of rotatable bonds is 4. The summed E-state index contributed by atoms with van der Waals surface area (Å²) in [5.41, 5.74) is 3.71. The maximum atomic E-state index is 13.9. The molecule has 0 fully saturated rings. The van der Waals surface area contributed by atoms with Crippen LogP contribution in [0.3, 0.4) is 0 Å². The molecule has 2 heterocycles. The van der Waals surface area contributed by atoms with E-state index in [-0.39, 0.29) is 17.9 Å². The number of methoxy groups -OCH3 is 1. The first kappa shape index (κ1) is 21.4. The topological polar surface area (TPSA) is 68.2 Å². The van der Waals surface area contributed by atoms with E-state index in [1.807, 2.05) is 18.2 Å². The maximum Gasteiger partial charge on any atom is 0.410 e. The van der Waals surface area contributed by atoms with Gasteiger partial charge in [0.15, 0.2) is 11.7 Å². The first-order valence-electron chi connectivity index (χ1n) is 10.8. The molecule has 9 heteroatoms. The SMILES string of the molecule is COc1ccc([C@@H]2C[C@@H](C(F)(F)F)n3nc(C(=O)Nc4ccc5c(c4)CCC5)cc3N2)cc1. The number of carbonyl (C=O) groups excluding carboxylic acids is 1. The van der Waals surface area contributed by atoms with Crippen molar-refractivity contribution in [1.29, 1.82) is 0 Å². The smallest absolute Gasteiger partial charge is 0.410 e. The number of carbonyl (C=O) groups is 1. The number of aromatic nitrogens is 2. The summed E-state index contributed by atoms with van der Waals surface area (Å²) in [7, 11) is 1.53. The molecule has 1 aromatic heterocycles. The van der Waals surface area contributed by atoms with Crippen LogP contribution in [0.15, 0.2) is 48.5 Å². The molecular formula is C24H23F3N4O2. The van der Waals surface area contributed by atoms with Crippen molar-refractivity contribution in [2.24, 2.45) is 0 Å². The van der Waals surface area contributed by atoms with Gasteiger partial charge >= 0.3 is 6.18 Å². The van der Waals surface area contributed by atoms with Gasteiger partial charge in [0.2, 0.25) is 0 Å². The van der Waals surface area contributed by atoms with Crippen molar-refractivity contribution in [3.8, 4) is 5.75 Å². The van der Waals surface area contributed by atoms with Crippen molar-refractivity contribution in [1.82, 2.24) is 9.78 Å². The Morgan fingerprint density at radius 1 is 1.12 bits per heavy atom. The van der Waals surface area contributed by atoms with Crippen molar-refractivity contribution >= 4 is 17.4 Å². The molecule has 0 saturated carbocycles. The van der Waals surface area contributed by atoms with E-state index in [0.717, 1.165) is 23.9 Å². The number of nitrogens with one attached hydrogen (secondary N) is 2. The molecular weight excluding hydrogens is 433 g/mol. The lowest BCUT2D eigenvalue weighted by Gasteiger charge is -2.33. The molecule has 0 spiro atoms. The average molecular weight is 456 g/mol. The van der Waals surface area contributed by atoms with Crippen LogP contribution in [0.1, 0.15) is 52.1 Å². The summed E-state index contributed by atoms with van der Waals surface area (Å²) in [5, 5.41) is 9.90. The van der Waals surface area contributed by atoms with Crippen molar-refractivity contribution < 1.29 is 22.7 Å². The number of aryl methyl sites for hydroxylation is 2. The summed E-state index contributed by atoms with van der Waals surface area (Å²) in [4.78, 5) is 12.8. The lowest BCUT2D eigenvalue weighted by Crippen LogP contribution is -2.35. The Morgan fingerprint density at radius 3 is 2.61 bits per heavy atom. The Balaban J connectivity index is 1.41. The highest BCUT2D eigenvalue weighted by Gasteiger charge is 2.46. The Hall–Kier alpha value is -3.49. The Labute approximate surface area is 188 Å². The number of ether oxygens (including phenoxy) is 1. The third-order valence-corrected chi connectivity index (χ3v) is 6.30. The first-order valence-corrected chi connectivity index (χ1v) is 10.8. The zero-order valence-corrected chi connectivity index (χ0v) is 17.9. The number of anilines is 2. The van der Waals surface area contributed by atoms with Gasteiger partial charge in [-0.3, -0.25) is 4.79 Å². The molecule has 1 aliphatic carbocycles. The van der Waals surface area contributed by atoms with Crippen LogP contribution >= 0.6 is 0 Å². The van der Waals surface area contributed by atoms with Crippen LogP contribution in [0.25, 0.3) is 0 Å². The summed E-state index contributed by atoms with van der Waals surface area (Å²) in [6.07, 6.45) is -1.68. The van der Waals surface area contributed by atoms with Gasteiger partial charge < -0.3 is 15.4 Å². The van der Waals surface area contributed by atoms with Crippen LogP contribution in [0.4, 0.5) is 24.7 Å². The van der Waals surface area contributed by atoms with Gasteiger partial charge in [-0.15, -0.1) is 0 Å². The van der Waals surface area contributed by atoms with E-state index in [1.54, 1.807) is 24.3 Å². The second-order valence-electron chi connectivity index (χ2n) is 8.41. The van der Waals surface area contributed by atoms with Gasteiger partial charge in [0.05, 0.1) is 13.2 Å². The molecule has 2 N–H and O–H groups in total. The minimum Gasteiger partial charge on any atom is -0.497 e. The van der Waals surface area contributed by atoms with E-state index in [9.17, 15) is 18.0 Å². The molecule has 5 rings (SSSR count). The van der Waals surface area contributed by atoms with Gasteiger partial charge in [0.1, 0.15) is 11.6 Å². The van der Waals surface area contributed by atoms with Gasteiger partial charge in [-0.2, -0.15) is 18.3 Å². The van der Waals surface area contributed by atoms with E-state index < -0.39 is 24.2 Å². The summed E-state index contributed by atoms with van der Waals surface area (Å²) < 4.78 is 47.7. The second-order valence-corrected chi connectivity index (χ2v) is 8.41. The largest absolute Gasteiger partial charge is 0.497 e. The monoisotopic (exact) mass is 456 g/mol. The molecule has 2 aromatic carbocycles. The van der Waals surface area contributed by atoms with Gasteiger partial charge in [-0.05, 0) is 60.2 Å². The van der Waals surface area contributed by atoms with Crippen molar-refractivity contribution in [2.45, 2.75) is 43.9 Å². The van der Waals surface area contributed by atoms with Crippen LogP contribution in [-0.2, 0) is 12.8 Å². The number of halogens is 3. The summed E-state index contributed by atoms with van der Waals surface area (Å²) in [6.45, 7) is 0. The molecule has 2 atom stereocenters. The van der Waals surface area contributed by atoms with Crippen LogP contribution in [0.2, 0.25) is 0 Å². The minimum atomic E-state index is -4.51. The van der Waals surface area contributed by atoms with Crippen LogP contribution in [0.5, 0.6) is 5.75 Å². The van der Waals surface area contributed by atoms with E-state index in [2.05, 4.69) is 15.7 Å². The second kappa shape index (κ2) is 8.13. The fourth-order valence-electron chi connectivity index (χ4n) is 4.58. The zero-order valence-electron chi connectivity index (χ0n) is 17.9. The number of nitrogens with zero attached hydrogens (tertiary/aromatic N) is 2. The number of fused-ring (bicyclic) bond motifs is 2. The fraction of sp³-hybridized carbons (Fsp3) is 0.333.